The summed E-state index contributed by atoms with van der Waals surface area (Å²) in [5.41, 5.74) is -0.960. The number of ether oxygens (including phenoxy) is 1. The predicted octanol–water partition coefficient (Wildman–Crippen LogP) is 6.42. The fourth-order valence-electron chi connectivity index (χ4n) is 9.15. The highest BCUT2D eigenvalue weighted by molar-refractivity contribution is 7.80. The van der Waals surface area contributed by atoms with Crippen LogP contribution in [0.1, 0.15) is 96.7 Å². The topological polar surface area (TPSA) is 142 Å². The number of nitrogens with zero attached hydrogens (tertiary/aromatic N) is 7. The number of anilines is 2. The molecule has 1 saturated carbocycles. The number of carbonyl (C=O) groups is 4. The summed E-state index contributed by atoms with van der Waals surface area (Å²) < 4.78 is 47.5. The molecule has 5 heterocycles. The number of pyridine rings is 1. The number of hydrogen-bond acceptors (Lipinski definition) is 10. The molecule has 17 heteroatoms. The van der Waals surface area contributed by atoms with Gasteiger partial charge >= 0.3 is 6.18 Å². The lowest BCUT2D eigenvalue weighted by atomic mass is 9.86. The molecule has 62 heavy (non-hydrogen) atoms. The summed E-state index contributed by atoms with van der Waals surface area (Å²) in [6.07, 6.45) is 1.51. The number of nitrogens with one attached hydrogen (secondary N) is 1. The normalized spacial score (nSPS) is 22.9. The van der Waals surface area contributed by atoms with Crippen molar-refractivity contribution in [2.24, 2.45) is 5.92 Å². The second-order valence-corrected chi connectivity index (χ2v) is 17.5. The molecule has 1 N–H and O–H groups in total. The van der Waals surface area contributed by atoms with E-state index in [9.17, 15) is 37.6 Å². The molecule has 1 aliphatic carbocycles. The number of hydrogen-bond donors (Lipinski definition) is 1. The summed E-state index contributed by atoms with van der Waals surface area (Å²) in [5.74, 6) is 0.0661. The lowest BCUT2D eigenvalue weighted by Crippen LogP contribution is -2.51. The zero-order valence-corrected chi connectivity index (χ0v) is 35.5. The van der Waals surface area contributed by atoms with E-state index in [0.29, 0.717) is 36.2 Å². The Labute approximate surface area is 363 Å². The van der Waals surface area contributed by atoms with Crippen LogP contribution in [0.4, 0.5) is 24.7 Å². The molecule has 1 unspecified atom stereocenters. The van der Waals surface area contributed by atoms with Crippen LogP contribution in [0.15, 0.2) is 67.0 Å². The third-order valence-corrected chi connectivity index (χ3v) is 13.3. The largest absolute Gasteiger partial charge is 0.490 e. The van der Waals surface area contributed by atoms with Gasteiger partial charge in [0.15, 0.2) is 5.11 Å². The maximum atomic E-state index is 13.7. The molecule has 0 spiro atoms. The van der Waals surface area contributed by atoms with Crippen LogP contribution in [0.5, 0.6) is 5.75 Å². The van der Waals surface area contributed by atoms with Crippen molar-refractivity contribution in [1.82, 2.24) is 25.0 Å². The Bertz CT molecular complexity index is 2390. The summed E-state index contributed by atoms with van der Waals surface area (Å²) in [4.78, 5) is 65.9. The number of aromatic nitrogens is 1. The van der Waals surface area contributed by atoms with Gasteiger partial charge in [-0.25, -0.2) is 4.98 Å². The summed E-state index contributed by atoms with van der Waals surface area (Å²) in [6, 6.07) is 13.1. The van der Waals surface area contributed by atoms with Gasteiger partial charge in [-0.1, -0.05) is 19.6 Å². The Morgan fingerprint density at radius 3 is 2.39 bits per heavy atom. The fraction of sp³-hybridized carbons (Fsp3) is 0.444. The minimum absolute atomic E-state index is 0.0120. The maximum absolute atomic E-state index is 13.7. The third kappa shape index (κ3) is 7.90. The molecule has 4 amide bonds. The highest BCUT2D eigenvalue weighted by Gasteiger charge is 2.50. The zero-order chi connectivity index (χ0) is 44.2. The first-order chi connectivity index (χ1) is 29.5. The molecule has 2 aromatic carbocycles. The molecular weight excluding hydrogens is 822 g/mol. The predicted molar refractivity (Wildman–Crippen MR) is 227 cm³/mol. The Morgan fingerprint density at radius 1 is 1.02 bits per heavy atom. The number of carbonyl (C=O) groups excluding carboxylic acids is 4. The van der Waals surface area contributed by atoms with Crippen molar-refractivity contribution in [2.75, 3.05) is 36.0 Å². The fourth-order valence-corrected chi connectivity index (χ4v) is 9.63. The third-order valence-electron chi connectivity index (χ3n) is 12.9. The average molecular weight is 869 g/mol. The first-order valence-corrected chi connectivity index (χ1v) is 21.3. The quantitative estimate of drug-likeness (QED) is 0.169. The lowest BCUT2D eigenvalue weighted by molar-refractivity contribution is -0.137. The summed E-state index contributed by atoms with van der Waals surface area (Å²) in [7, 11) is 0. The van der Waals surface area contributed by atoms with Crippen molar-refractivity contribution in [2.45, 2.75) is 95.7 Å². The summed E-state index contributed by atoms with van der Waals surface area (Å²) in [5, 5.41) is 11.9. The van der Waals surface area contributed by atoms with Gasteiger partial charge in [0.05, 0.1) is 34.0 Å². The van der Waals surface area contributed by atoms with Crippen LogP contribution in [-0.4, -0.2) is 98.3 Å². The molecule has 1 atom stereocenters. The number of halogens is 3. The number of nitriles is 1. The monoisotopic (exact) mass is 868 g/mol. The Balaban J connectivity index is 0.811. The molecule has 13 nitrogen and oxygen atoms in total. The van der Waals surface area contributed by atoms with E-state index in [1.807, 2.05) is 12.1 Å². The van der Waals surface area contributed by atoms with Crippen molar-refractivity contribution in [1.29, 1.82) is 5.26 Å². The number of alkyl halides is 3. The zero-order valence-electron chi connectivity index (χ0n) is 34.7. The van der Waals surface area contributed by atoms with Crippen molar-refractivity contribution < 1.29 is 37.1 Å². The molecular formula is C45H47F3N8O5S. The molecule has 324 valence electrons. The second kappa shape index (κ2) is 16.4. The molecule has 8 rings (SSSR count). The standard InChI is InChI=1S/C45H47F3N8O5S/c1-5-52(31-18-33(19-31)61-32-10-11-34-35(21-32)41(59)56(40(34)58)37-12-6-26(2)51-39(37)57)24-27-14-16-53(17-15-27)38-13-7-28(23-50-38)25-54-43(62)55(42(60)44(54,3)4)30-9-8-29(22-49)36(20-30)45(46,47)48/h7-11,13,20-21,23,27,31,33,37H,2,5-6,12,14-19,24-25H2,1,3-4H3,(H,51,57). The SMILES string of the molecule is C=C1CCC(N2C(=O)c3ccc(OC4CC(N(CC)CC5CCN(c6ccc(CN7C(=S)N(c8ccc(C#N)c(C(F)(F)F)c8)C(=O)C7(C)C)cn6)CC5)C4)cc3C2=O)C(=O)N1. The lowest BCUT2D eigenvalue weighted by Gasteiger charge is -2.44. The minimum Gasteiger partial charge on any atom is -0.490 e. The van der Waals surface area contributed by atoms with Gasteiger partial charge in [0.25, 0.3) is 17.7 Å². The summed E-state index contributed by atoms with van der Waals surface area (Å²) >= 11 is 5.67. The van der Waals surface area contributed by atoms with Crippen LogP contribution < -0.4 is 19.9 Å². The van der Waals surface area contributed by atoms with Crippen molar-refractivity contribution in [3.8, 4) is 11.8 Å². The van der Waals surface area contributed by atoms with E-state index >= 15 is 0 Å². The minimum atomic E-state index is -4.78. The van der Waals surface area contributed by atoms with Gasteiger partial charge in [0, 0.05) is 57.0 Å². The highest BCUT2D eigenvalue weighted by Crippen LogP contribution is 2.39. The molecule has 5 aliphatic rings. The van der Waals surface area contributed by atoms with Crippen molar-refractivity contribution in [3.63, 3.8) is 0 Å². The number of benzene rings is 2. The van der Waals surface area contributed by atoms with Crippen LogP contribution in [-0.2, 0) is 22.3 Å². The van der Waals surface area contributed by atoms with Gasteiger partial charge < -0.3 is 24.8 Å². The van der Waals surface area contributed by atoms with Crippen molar-refractivity contribution in [3.05, 3.63) is 94.8 Å². The summed E-state index contributed by atoms with van der Waals surface area (Å²) in [6.45, 7) is 13.1. The van der Waals surface area contributed by atoms with E-state index in [1.165, 1.54) is 6.07 Å². The first kappa shape index (κ1) is 42.8. The van der Waals surface area contributed by atoms with E-state index in [0.717, 1.165) is 85.2 Å². The van der Waals surface area contributed by atoms with Crippen LogP contribution >= 0.6 is 12.2 Å². The molecule has 0 bridgehead atoms. The van der Waals surface area contributed by atoms with Gasteiger partial charge in [0.1, 0.15) is 29.3 Å². The molecule has 3 saturated heterocycles. The number of amides is 4. The number of rotatable bonds is 11. The van der Waals surface area contributed by atoms with Gasteiger partial charge in [-0.3, -0.25) is 29.0 Å². The second-order valence-electron chi connectivity index (χ2n) is 17.2. The van der Waals surface area contributed by atoms with Gasteiger partial charge in [0.2, 0.25) is 5.91 Å². The Morgan fingerprint density at radius 2 is 1.74 bits per heavy atom. The van der Waals surface area contributed by atoms with Crippen molar-refractivity contribution >= 4 is 52.5 Å². The van der Waals surface area contributed by atoms with E-state index in [4.69, 9.17) is 21.9 Å². The average Bonchev–Trinajstić information content (AvgIpc) is 3.57. The number of thiocarbonyl (C=S) groups is 1. The number of imide groups is 1. The Kier molecular flexibility index (Phi) is 11.4. The number of allylic oxidation sites excluding steroid dienone is 1. The smallest absolute Gasteiger partial charge is 0.417 e. The van der Waals surface area contributed by atoms with Gasteiger partial charge in [-0.2, -0.15) is 18.4 Å². The maximum Gasteiger partial charge on any atom is 0.417 e. The van der Waals surface area contributed by atoms with E-state index < -0.39 is 52.5 Å². The van der Waals surface area contributed by atoms with Crippen LogP contribution in [0.3, 0.4) is 0 Å². The van der Waals surface area contributed by atoms with E-state index in [1.54, 1.807) is 49.2 Å². The van der Waals surface area contributed by atoms with Crippen LogP contribution in [0.25, 0.3) is 0 Å². The Hall–Kier alpha value is -5.86. The first-order valence-electron chi connectivity index (χ1n) is 20.9. The van der Waals surface area contributed by atoms with E-state index in [-0.39, 0.29) is 34.6 Å². The highest BCUT2D eigenvalue weighted by atomic mass is 32.1. The number of fused-ring (bicyclic) bond motifs is 1. The van der Waals surface area contributed by atoms with E-state index in [2.05, 4.69) is 28.6 Å². The molecule has 4 aliphatic heterocycles. The molecule has 3 aromatic rings. The number of piperidine rings is 2. The molecule has 0 radical (unpaired) electrons. The van der Waals surface area contributed by atoms with Gasteiger partial charge in [-0.15, -0.1) is 0 Å². The molecule has 1 aromatic heterocycles. The van der Waals surface area contributed by atoms with Crippen LogP contribution in [0, 0.1) is 17.2 Å². The molecule has 4 fully saturated rings. The van der Waals surface area contributed by atoms with Crippen LogP contribution in [0.2, 0.25) is 0 Å². The van der Waals surface area contributed by atoms with Gasteiger partial charge in [-0.05, 0) is 112 Å².